The van der Waals surface area contributed by atoms with Crippen LogP contribution in [0.3, 0.4) is 0 Å². The maximum Gasteiger partial charge on any atom is 0.0920 e. The van der Waals surface area contributed by atoms with E-state index in [9.17, 15) is 5.11 Å². The van der Waals surface area contributed by atoms with Crippen molar-refractivity contribution < 1.29 is 5.11 Å². The third-order valence-electron chi connectivity index (χ3n) is 2.94. The van der Waals surface area contributed by atoms with Gasteiger partial charge in [-0.1, -0.05) is 30.3 Å². The van der Waals surface area contributed by atoms with E-state index in [1.807, 2.05) is 30.3 Å². The number of likely N-dealkylation sites (tertiary alicyclic amines) is 1. The molecule has 0 bridgehead atoms. The molecule has 1 N–H and O–H groups in total. The molecule has 2 heteroatoms. The van der Waals surface area contributed by atoms with Crippen LogP contribution in [0, 0.1) is 7.05 Å². The van der Waals surface area contributed by atoms with Crippen molar-refractivity contribution in [2.45, 2.75) is 18.4 Å². The molecular formula is C12H15NO. The predicted molar refractivity (Wildman–Crippen MR) is 55.4 cm³/mol. The SMILES string of the molecule is [CH]N1CCC(O)(c2ccccc2)CC1. The van der Waals surface area contributed by atoms with E-state index in [0.29, 0.717) is 12.8 Å². The Bertz CT molecular complexity index is 288. The molecule has 0 aliphatic carbocycles. The van der Waals surface area contributed by atoms with E-state index in [1.54, 1.807) is 4.90 Å². The fraction of sp³-hybridized carbons (Fsp3) is 0.417. The number of hydrogen-bond acceptors (Lipinski definition) is 2. The molecule has 14 heavy (non-hydrogen) atoms. The quantitative estimate of drug-likeness (QED) is 0.726. The van der Waals surface area contributed by atoms with Gasteiger partial charge < -0.3 is 5.11 Å². The fourth-order valence-electron chi connectivity index (χ4n) is 1.93. The van der Waals surface area contributed by atoms with Crippen LogP contribution < -0.4 is 0 Å². The molecule has 0 amide bonds. The van der Waals surface area contributed by atoms with Crippen molar-refractivity contribution in [1.29, 1.82) is 0 Å². The summed E-state index contributed by atoms with van der Waals surface area (Å²) in [5, 5.41) is 10.4. The van der Waals surface area contributed by atoms with Gasteiger partial charge in [-0.05, 0) is 18.4 Å². The smallest absolute Gasteiger partial charge is 0.0920 e. The molecule has 2 rings (SSSR count). The summed E-state index contributed by atoms with van der Waals surface area (Å²) < 4.78 is 0. The average molecular weight is 189 g/mol. The highest BCUT2D eigenvalue weighted by Crippen LogP contribution is 2.32. The molecule has 2 radical (unpaired) electrons. The normalized spacial score (nSPS) is 22.1. The molecule has 1 heterocycles. The molecule has 0 atom stereocenters. The van der Waals surface area contributed by atoms with Gasteiger partial charge >= 0.3 is 0 Å². The second-order valence-corrected chi connectivity index (χ2v) is 3.93. The zero-order chi connectivity index (χ0) is 10.0. The van der Waals surface area contributed by atoms with Crippen LogP contribution in [-0.2, 0) is 5.60 Å². The van der Waals surface area contributed by atoms with Gasteiger partial charge in [-0.3, -0.25) is 4.90 Å². The minimum absolute atomic E-state index is 0.670. The summed E-state index contributed by atoms with van der Waals surface area (Å²) in [6.07, 6.45) is 1.43. The molecule has 1 aliphatic heterocycles. The molecule has 1 aromatic carbocycles. The van der Waals surface area contributed by atoms with Gasteiger partial charge in [-0.25, -0.2) is 0 Å². The molecule has 1 aliphatic rings. The van der Waals surface area contributed by atoms with Crippen molar-refractivity contribution >= 4 is 0 Å². The maximum absolute atomic E-state index is 10.4. The highest BCUT2D eigenvalue weighted by Gasteiger charge is 2.32. The lowest BCUT2D eigenvalue weighted by Crippen LogP contribution is -2.39. The van der Waals surface area contributed by atoms with Crippen molar-refractivity contribution in [1.82, 2.24) is 4.90 Å². The van der Waals surface area contributed by atoms with Crippen molar-refractivity contribution in [2.75, 3.05) is 13.1 Å². The van der Waals surface area contributed by atoms with E-state index in [2.05, 4.69) is 0 Å². The van der Waals surface area contributed by atoms with Crippen LogP contribution in [0.25, 0.3) is 0 Å². The van der Waals surface area contributed by atoms with Gasteiger partial charge in [0.25, 0.3) is 0 Å². The van der Waals surface area contributed by atoms with Gasteiger partial charge in [0.2, 0.25) is 0 Å². The van der Waals surface area contributed by atoms with E-state index in [-0.39, 0.29) is 0 Å². The first-order chi connectivity index (χ1) is 6.71. The molecule has 1 fully saturated rings. The highest BCUT2D eigenvalue weighted by molar-refractivity contribution is 5.22. The van der Waals surface area contributed by atoms with Gasteiger partial charge in [0.15, 0.2) is 0 Å². The number of nitrogens with zero attached hydrogens (tertiary/aromatic N) is 1. The van der Waals surface area contributed by atoms with Gasteiger partial charge in [-0.2, -0.15) is 0 Å². The van der Waals surface area contributed by atoms with Gasteiger partial charge in [0.1, 0.15) is 0 Å². The Hall–Kier alpha value is -0.860. The second-order valence-electron chi connectivity index (χ2n) is 3.93. The van der Waals surface area contributed by atoms with Gasteiger partial charge in [0.05, 0.1) is 5.60 Å². The van der Waals surface area contributed by atoms with Gasteiger partial charge in [0, 0.05) is 20.1 Å². The van der Waals surface area contributed by atoms with Crippen molar-refractivity contribution in [3.63, 3.8) is 0 Å². The van der Waals surface area contributed by atoms with Crippen molar-refractivity contribution in [3.8, 4) is 0 Å². The van der Waals surface area contributed by atoms with Crippen molar-refractivity contribution in [2.24, 2.45) is 0 Å². The Morgan fingerprint density at radius 3 is 2.29 bits per heavy atom. The zero-order valence-electron chi connectivity index (χ0n) is 8.19. The third kappa shape index (κ3) is 1.81. The monoisotopic (exact) mass is 189 g/mol. The Morgan fingerprint density at radius 2 is 1.71 bits per heavy atom. The standard InChI is InChI=1S/C12H15NO/c1-13-9-7-12(14,8-10-13)11-5-3-2-4-6-11/h1-6,14H,7-10H2. The molecule has 0 aromatic heterocycles. The third-order valence-corrected chi connectivity index (χ3v) is 2.94. The summed E-state index contributed by atoms with van der Waals surface area (Å²) in [4.78, 5) is 1.76. The molecule has 0 saturated carbocycles. The number of hydrogen-bond donors (Lipinski definition) is 1. The van der Waals surface area contributed by atoms with E-state index in [4.69, 9.17) is 7.05 Å². The van der Waals surface area contributed by atoms with Crippen LogP contribution in [0.4, 0.5) is 0 Å². The highest BCUT2D eigenvalue weighted by atomic mass is 16.3. The van der Waals surface area contributed by atoms with E-state index < -0.39 is 5.60 Å². The first kappa shape index (κ1) is 9.69. The largest absolute Gasteiger partial charge is 0.385 e. The van der Waals surface area contributed by atoms with E-state index in [1.165, 1.54) is 0 Å². The fourth-order valence-corrected chi connectivity index (χ4v) is 1.93. The Morgan fingerprint density at radius 1 is 1.14 bits per heavy atom. The van der Waals surface area contributed by atoms with Gasteiger partial charge in [-0.15, -0.1) is 0 Å². The van der Waals surface area contributed by atoms with Crippen LogP contribution in [0.2, 0.25) is 0 Å². The maximum atomic E-state index is 10.4. The molecule has 74 valence electrons. The summed E-state index contributed by atoms with van der Waals surface area (Å²) in [5.74, 6) is 0. The Kier molecular flexibility index (Phi) is 2.57. The number of aliphatic hydroxyl groups is 1. The molecule has 2 nitrogen and oxygen atoms in total. The Balaban J connectivity index is 2.17. The van der Waals surface area contributed by atoms with Crippen LogP contribution >= 0.6 is 0 Å². The molecule has 0 unspecified atom stereocenters. The summed E-state index contributed by atoms with van der Waals surface area (Å²) >= 11 is 0. The first-order valence-electron chi connectivity index (χ1n) is 4.98. The van der Waals surface area contributed by atoms with E-state index in [0.717, 1.165) is 18.7 Å². The van der Waals surface area contributed by atoms with Crippen LogP contribution in [0.15, 0.2) is 30.3 Å². The lowest BCUT2D eigenvalue weighted by atomic mass is 9.85. The second kappa shape index (κ2) is 3.71. The molecular weight excluding hydrogens is 174 g/mol. The Labute approximate surface area is 85.2 Å². The summed E-state index contributed by atoms with van der Waals surface area (Å²) in [5.41, 5.74) is 0.338. The number of rotatable bonds is 1. The summed E-state index contributed by atoms with van der Waals surface area (Å²) in [6, 6.07) is 9.84. The minimum atomic E-state index is -0.670. The van der Waals surface area contributed by atoms with Crippen LogP contribution in [0.1, 0.15) is 18.4 Å². The van der Waals surface area contributed by atoms with E-state index >= 15 is 0 Å². The minimum Gasteiger partial charge on any atom is -0.385 e. The first-order valence-corrected chi connectivity index (χ1v) is 4.98. The van der Waals surface area contributed by atoms with Crippen molar-refractivity contribution in [3.05, 3.63) is 42.9 Å². The number of benzene rings is 1. The average Bonchev–Trinajstić information content (AvgIpc) is 2.24. The molecule has 0 spiro atoms. The lowest BCUT2D eigenvalue weighted by Gasteiger charge is -2.36. The topological polar surface area (TPSA) is 23.5 Å². The summed E-state index contributed by atoms with van der Waals surface area (Å²) in [6.45, 7) is 1.51. The molecule has 1 saturated heterocycles. The number of piperidine rings is 1. The zero-order valence-corrected chi connectivity index (χ0v) is 8.19. The molecule has 1 aromatic rings. The predicted octanol–water partition coefficient (Wildman–Crippen LogP) is 1.64. The lowest BCUT2D eigenvalue weighted by molar-refractivity contribution is -0.0167. The summed E-state index contributed by atoms with van der Waals surface area (Å²) in [7, 11) is 5.66. The van der Waals surface area contributed by atoms with Crippen LogP contribution in [0.5, 0.6) is 0 Å². The van der Waals surface area contributed by atoms with Crippen LogP contribution in [-0.4, -0.2) is 23.1 Å².